The summed E-state index contributed by atoms with van der Waals surface area (Å²) in [5, 5.41) is 11.8. The van der Waals surface area contributed by atoms with Gasteiger partial charge < -0.3 is 15.3 Å². The number of rotatable bonds is 8. The summed E-state index contributed by atoms with van der Waals surface area (Å²) in [6, 6.07) is 0. The smallest absolute Gasteiger partial charge is 0.239 e. The Morgan fingerprint density at radius 3 is 2.86 bits per heavy atom. The number of nitrogens with zero attached hydrogens (tertiary/aromatic N) is 2. The number of hydrogen-bond donors (Lipinski definition) is 2. The van der Waals surface area contributed by atoms with Gasteiger partial charge in [-0.3, -0.25) is 14.5 Å². The molecule has 0 saturated carbocycles. The Kier molecular flexibility index (Phi) is 8.30. The standard InChI is InChI=1S/C15H29N3O3/c1-3-7-16-14(20)11-17(2)15(21)12-18-8-4-5-13(10-18)6-9-19/h13,19H,3-12H2,1-2H3,(H,16,20). The molecule has 6 heteroatoms. The van der Waals surface area contributed by atoms with Gasteiger partial charge in [0.05, 0.1) is 13.1 Å². The number of hydrogen-bond acceptors (Lipinski definition) is 4. The number of aliphatic hydroxyl groups excluding tert-OH is 1. The Morgan fingerprint density at radius 2 is 2.19 bits per heavy atom. The molecule has 1 atom stereocenters. The third kappa shape index (κ3) is 6.91. The molecular weight excluding hydrogens is 270 g/mol. The molecule has 0 aromatic heterocycles. The quantitative estimate of drug-likeness (QED) is 0.665. The van der Waals surface area contributed by atoms with Gasteiger partial charge in [0.1, 0.15) is 0 Å². The van der Waals surface area contributed by atoms with Gasteiger partial charge in [-0.1, -0.05) is 6.92 Å². The van der Waals surface area contributed by atoms with Crippen molar-refractivity contribution in [1.29, 1.82) is 0 Å². The van der Waals surface area contributed by atoms with E-state index >= 15 is 0 Å². The lowest BCUT2D eigenvalue weighted by molar-refractivity contribution is -0.136. The minimum Gasteiger partial charge on any atom is -0.396 e. The molecule has 1 saturated heterocycles. The van der Waals surface area contributed by atoms with E-state index in [4.69, 9.17) is 5.11 Å². The van der Waals surface area contributed by atoms with Gasteiger partial charge in [0.25, 0.3) is 0 Å². The third-order valence-electron chi connectivity index (χ3n) is 3.88. The van der Waals surface area contributed by atoms with Crippen LogP contribution < -0.4 is 5.32 Å². The predicted octanol–water partition coefficient (Wildman–Crippen LogP) is 0.0654. The average Bonchev–Trinajstić information content (AvgIpc) is 2.45. The highest BCUT2D eigenvalue weighted by Gasteiger charge is 2.22. The maximum atomic E-state index is 12.1. The van der Waals surface area contributed by atoms with Crippen molar-refractivity contribution >= 4 is 11.8 Å². The van der Waals surface area contributed by atoms with Gasteiger partial charge in [-0.05, 0) is 38.1 Å². The molecule has 1 aliphatic heterocycles. The molecule has 0 aromatic carbocycles. The molecule has 122 valence electrons. The van der Waals surface area contributed by atoms with Crippen LogP contribution in [0.15, 0.2) is 0 Å². The molecule has 1 aliphatic rings. The van der Waals surface area contributed by atoms with Crippen LogP contribution in [0.3, 0.4) is 0 Å². The second kappa shape index (κ2) is 9.73. The van der Waals surface area contributed by atoms with Crippen molar-refractivity contribution in [2.24, 2.45) is 5.92 Å². The van der Waals surface area contributed by atoms with Crippen molar-refractivity contribution in [2.75, 3.05) is 46.4 Å². The van der Waals surface area contributed by atoms with Crippen molar-refractivity contribution in [3.8, 4) is 0 Å². The van der Waals surface area contributed by atoms with E-state index in [0.717, 1.165) is 38.8 Å². The zero-order valence-corrected chi connectivity index (χ0v) is 13.3. The number of carbonyl (C=O) groups excluding carboxylic acids is 2. The summed E-state index contributed by atoms with van der Waals surface area (Å²) in [5.41, 5.74) is 0. The first kappa shape index (κ1) is 17.9. The summed E-state index contributed by atoms with van der Waals surface area (Å²) in [4.78, 5) is 27.4. The Bertz CT molecular complexity index is 334. The van der Waals surface area contributed by atoms with Crippen molar-refractivity contribution in [3.05, 3.63) is 0 Å². The zero-order chi connectivity index (χ0) is 15.7. The van der Waals surface area contributed by atoms with Gasteiger partial charge in [-0.15, -0.1) is 0 Å². The van der Waals surface area contributed by atoms with Crippen LogP contribution in [-0.2, 0) is 9.59 Å². The van der Waals surface area contributed by atoms with Gasteiger partial charge in [0.15, 0.2) is 0 Å². The van der Waals surface area contributed by atoms with Crippen LogP contribution >= 0.6 is 0 Å². The first-order valence-corrected chi connectivity index (χ1v) is 7.90. The number of carbonyl (C=O) groups is 2. The molecule has 1 fully saturated rings. The first-order chi connectivity index (χ1) is 10.1. The van der Waals surface area contributed by atoms with Gasteiger partial charge >= 0.3 is 0 Å². The molecule has 0 bridgehead atoms. The van der Waals surface area contributed by atoms with Gasteiger partial charge in [-0.25, -0.2) is 0 Å². The fraction of sp³-hybridized carbons (Fsp3) is 0.867. The minimum atomic E-state index is -0.107. The zero-order valence-electron chi connectivity index (χ0n) is 13.3. The highest BCUT2D eigenvalue weighted by Crippen LogP contribution is 2.18. The van der Waals surface area contributed by atoms with Crippen molar-refractivity contribution in [2.45, 2.75) is 32.6 Å². The number of likely N-dealkylation sites (N-methyl/N-ethyl adjacent to an activating group) is 1. The number of aliphatic hydroxyl groups is 1. The van der Waals surface area contributed by atoms with E-state index < -0.39 is 0 Å². The second-order valence-electron chi connectivity index (χ2n) is 5.86. The van der Waals surface area contributed by atoms with E-state index in [0.29, 0.717) is 19.0 Å². The summed E-state index contributed by atoms with van der Waals surface area (Å²) < 4.78 is 0. The maximum absolute atomic E-state index is 12.1. The van der Waals surface area contributed by atoms with Gasteiger partial charge in [0, 0.05) is 26.7 Å². The fourth-order valence-electron chi connectivity index (χ4n) is 2.65. The Balaban J connectivity index is 2.32. The molecule has 21 heavy (non-hydrogen) atoms. The number of likely N-dealkylation sites (tertiary alicyclic amines) is 1. The molecule has 1 rings (SSSR count). The lowest BCUT2D eigenvalue weighted by Gasteiger charge is -2.32. The van der Waals surface area contributed by atoms with Crippen molar-refractivity contribution in [3.63, 3.8) is 0 Å². The highest BCUT2D eigenvalue weighted by molar-refractivity contribution is 5.85. The van der Waals surface area contributed by atoms with Crippen LogP contribution in [0.4, 0.5) is 0 Å². The van der Waals surface area contributed by atoms with E-state index in [-0.39, 0.29) is 25.0 Å². The number of amides is 2. The van der Waals surface area contributed by atoms with E-state index in [2.05, 4.69) is 10.2 Å². The summed E-state index contributed by atoms with van der Waals surface area (Å²) in [6.07, 6.45) is 3.89. The fourth-order valence-corrected chi connectivity index (χ4v) is 2.65. The Morgan fingerprint density at radius 1 is 1.43 bits per heavy atom. The van der Waals surface area contributed by atoms with Crippen LogP contribution in [0.25, 0.3) is 0 Å². The highest BCUT2D eigenvalue weighted by atomic mass is 16.3. The van der Waals surface area contributed by atoms with Crippen LogP contribution in [0, 0.1) is 5.92 Å². The van der Waals surface area contributed by atoms with Crippen LogP contribution in [0.5, 0.6) is 0 Å². The maximum Gasteiger partial charge on any atom is 0.239 e. The van der Waals surface area contributed by atoms with E-state index in [1.165, 1.54) is 4.90 Å². The van der Waals surface area contributed by atoms with Crippen LogP contribution in [-0.4, -0.2) is 73.1 Å². The molecule has 0 aliphatic carbocycles. The molecule has 1 heterocycles. The summed E-state index contributed by atoms with van der Waals surface area (Å²) in [7, 11) is 1.67. The molecule has 0 spiro atoms. The summed E-state index contributed by atoms with van der Waals surface area (Å²) >= 11 is 0. The number of piperidine rings is 1. The SMILES string of the molecule is CCCNC(=O)CN(C)C(=O)CN1CCCC(CCO)C1. The summed E-state index contributed by atoms with van der Waals surface area (Å²) in [5.74, 6) is 0.352. The normalized spacial score (nSPS) is 19.3. The average molecular weight is 299 g/mol. The molecule has 0 aromatic rings. The first-order valence-electron chi connectivity index (χ1n) is 7.90. The number of nitrogens with one attached hydrogen (secondary N) is 1. The Hall–Kier alpha value is -1.14. The summed E-state index contributed by atoms with van der Waals surface area (Å²) in [6.45, 7) is 5.12. The lowest BCUT2D eigenvalue weighted by Crippen LogP contribution is -2.45. The molecule has 1 unspecified atom stereocenters. The Labute approximate surface area is 127 Å². The molecule has 6 nitrogen and oxygen atoms in total. The van der Waals surface area contributed by atoms with Crippen LogP contribution in [0.2, 0.25) is 0 Å². The predicted molar refractivity (Wildman–Crippen MR) is 81.8 cm³/mol. The topological polar surface area (TPSA) is 72.9 Å². The lowest BCUT2D eigenvalue weighted by atomic mass is 9.95. The molecule has 2 N–H and O–H groups in total. The second-order valence-corrected chi connectivity index (χ2v) is 5.86. The molecule has 2 amide bonds. The van der Waals surface area contributed by atoms with Crippen molar-refractivity contribution < 1.29 is 14.7 Å². The molecule has 0 radical (unpaired) electrons. The van der Waals surface area contributed by atoms with Gasteiger partial charge in [0.2, 0.25) is 11.8 Å². The van der Waals surface area contributed by atoms with E-state index in [1.54, 1.807) is 7.05 Å². The van der Waals surface area contributed by atoms with Crippen molar-refractivity contribution in [1.82, 2.24) is 15.1 Å². The van der Waals surface area contributed by atoms with E-state index in [9.17, 15) is 9.59 Å². The third-order valence-corrected chi connectivity index (χ3v) is 3.88. The van der Waals surface area contributed by atoms with E-state index in [1.807, 2.05) is 6.92 Å². The van der Waals surface area contributed by atoms with Gasteiger partial charge in [-0.2, -0.15) is 0 Å². The minimum absolute atomic E-state index is 0.0219. The largest absolute Gasteiger partial charge is 0.396 e. The monoisotopic (exact) mass is 299 g/mol. The van der Waals surface area contributed by atoms with Crippen LogP contribution in [0.1, 0.15) is 32.6 Å². The molecular formula is C15H29N3O3.